The third-order valence-corrected chi connectivity index (χ3v) is 5.55. The van der Waals surface area contributed by atoms with E-state index < -0.39 is 40.2 Å². The molecule has 7 nitrogen and oxygen atoms in total. The van der Waals surface area contributed by atoms with Gasteiger partial charge >= 0.3 is 12.1 Å². The van der Waals surface area contributed by atoms with E-state index in [1.165, 1.54) is 24.3 Å². The fourth-order valence-corrected chi connectivity index (χ4v) is 3.96. The molecule has 1 N–H and O–H groups in total. The number of anilines is 1. The van der Waals surface area contributed by atoms with Crippen LogP contribution in [0.25, 0.3) is 0 Å². The first-order valence-corrected chi connectivity index (χ1v) is 9.48. The lowest BCUT2D eigenvalue weighted by Crippen LogP contribution is -2.44. The van der Waals surface area contributed by atoms with Crippen molar-refractivity contribution in [1.29, 1.82) is 5.26 Å². The number of alkyl halides is 3. The van der Waals surface area contributed by atoms with Crippen molar-refractivity contribution in [3.8, 4) is 6.07 Å². The maximum Gasteiger partial charge on any atom is 0.417 e. The highest BCUT2D eigenvalue weighted by molar-refractivity contribution is 7.81. The highest BCUT2D eigenvalue weighted by atomic mass is 32.1. The lowest BCUT2D eigenvalue weighted by Gasteiger charge is -2.30. The number of nitrogens with zero attached hydrogens (tertiary/aromatic N) is 4. The van der Waals surface area contributed by atoms with Crippen LogP contribution in [0.15, 0.2) is 36.4 Å². The lowest BCUT2D eigenvalue weighted by atomic mass is 10.0. The molecule has 0 spiro atoms. The number of pyridine rings is 1. The van der Waals surface area contributed by atoms with Gasteiger partial charge in [-0.3, -0.25) is 14.6 Å². The molecule has 1 aromatic carbocycles. The Morgan fingerprint density at radius 3 is 2.58 bits per heavy atom. The number of carboxylic acids is 1. The molecule has 0 radical (unpaired) electrons. The molecule has 0 saturated carbocycles. The summed E-state index contributed by atoms with van der Waals surface area (Å²) in [5, 5.41) is 18.1. The molecule has 3 rings (SSSR count). The first kappa shape index (κ1) is 22.6. The molecule has 1 atom stereocenters. The van der Waals surface area contributed by atoms with Gasteiger partial charge in [-0.1, -0.05) is 6.07 Å². The topological polar surface area (TPSA) is 97.5 Å². The van der Waals surface area contributed by atoms with Crippen LogP contribution >= 0.6 is 12.6 Å². The van der Waals surface area contributed by atoms with Gasteiger partial charge in [-0.2, -0.15) is 18.4 Å². The van der Waals surface area contributed by atoms with Gasteiger partial charge in [-0.25, -0.2) is 9.78 Å². The Hall–Kier alpha value is -3.10. The van der Waals surface area contributed by atoms with Crippen LogP contribution in [0.3, 0.4) is 0 Å². The van der Waals surface area contributed by atoms with Crippen LogP contribution in [0, 0.1) is 11.3 Å². The number of carbonyl (C=O) groups is 2. The van der Waals surface area contributed by atoms with Crippen LogP contribution in [0.2, 0.25) is 0 Å². The van der Waals surface area contributed by atoms with Gasteiger partial charge in [0.1, 0.15) is 11.2 Å². The molecule has 2 heterocycles. The van der Waals surface area contributed by atoms with Crippen molar-refractivity contribution in [2.24, 2.45) is 0 Å². The molecular weight excluding hydrogens is 433 g/mol. The highest BCUT2D eigenvalue weighted by Crippen LogP contribution is 2.40. The van der Waals surface area contributed by atoms with E-state index >= 15 is 0 Å². The molecule has 1 amide bonds. The van der Waals surface area contributed by atoms with Gasteiger partial charge in [0.2, 0.25) is 5.91 Å². The van der Waals surface area contributed by atoms with Crippen LogP contribution in [0.4, 0.5) is 18.9 Å². The summed E-state index contributed by atoms with van der Waals surface area (Å²) in [6.45, 7) is 3.22. The number of hydrogen-bond acceptors (Lipinski definition) is 6. The van der Waals surface area contributed by atoms with E-state index in [2.05, 4.69) is 17.6 Å². The normalized spacial score (nSPS) is 18.8. The Kier molecular flexibility index (Phi) is 5.73. The van der Waals surface area contributed by atoms with Gasteiger partial charge in [0.05, 0.1) is 28.4 Å². The number of benzene rings is 1. The van der Waals surface area contributed by atoms with E-state index in [0.29, 0.717) is 5.69 Å². The van der Waals surface area contributed by atoms with Crippen molar-refractivity contribution in [2.75, 3.05) is 4.90 Å². The molecule has 0 aliphatic carbocycles. The quantitative estimate of drug-likeness (QED) is 0.692. The van der Waals surface area contributed by atoms with Gasteiger partial charge in [-0.05, 0) is 44.2 Å². The summed E-state index contributed by atoms with van der Waals surface area (Å²) in [4.78, 5) is 31.0. The molecule has 1 aliphatic rings. The van der Waals surface area contributed by atoms with Crippen LogP contribution in [0.5, 0.6) is 0 Å². The summed E-state index contributed by atoms with van der Waals surface area (Å²) in [6.07, 6.45) is -4.77. The number of nitriles is 1. The minimum absolute atomic E-state index is 0.0347. The van der Waals surface area contributed by atoms with Crippen LogP contribution in [-0.4, -0.2) is 37.9 Å². The zero-order chi connectivity index (χ0) is 23.1. The molecule has 1 aliphatic heterocycles. The average Bonchev–Trinajstić information content (AvgIpc) is 2.86. The maximum atomic E-state index is 13.4. The third-order valence-electron chi connectivity index (χ3n) is 5.04. The van der Waals surface area contributed by atoms with Gasteiger partial charge in [0, 0.05) is 12.2 Å². The van der Waals surface area contributed by atoms with E-state index in [4.69, 9.17) is 10.4 Å². The van der Waals surface area contributed by atoms with Crippen LogP contribution < -0.4 is 4.90 Å². The van der Waals surface area contributed by atoms with Crippen molar-refractivity contribution < 1.29 is 27.9 Å². The first-order chi connectivity index (χ1) is 14.4. The number of halogens is 3. The summed E-state index contributed by atoms with van der Waals surface area (Å²) in [5.41, 5.74) is -3.68. The average molecular weight is 450 g/mol. The Morgan fingerprint density at radius 1 is 1.32 bits per heavy atom. The number of carboxylic acid groups (broad SMARTS) is 1. The van der Waals surface area contributed by atoms with Gasteiger partial charge in [0.25, 0.3) is 0 Å². The van der Waals surface area contributed by atoms with E-state index in [1.54, 1.807) is 24.8 Å². The number of amides is 1. The Balaban J connectivity index is 2.00. The van der Waals surface area contributed by atoms with Crippen LogP contribution in [0.1, 0.15) is 41.2 Å². The minimum Gasteiger partial charge on any atom is -0.477 e. The summed E-state index contributed by atoms with van der Waals surface area (Å²) >= 11 is 4.46. The number of rotatable bonds is 4. The Morgan fingerprint density at radius 2 is 2.00 bits per heavy atom. The smallest absolute Gasteiger partial charge is 0.417 e. The van der Waals surface area contributed by atoms with E-state index in [-0.39, 0.29) is 17.9 Å². The number of aromatic carboxylic acids is 1. The second kappa shape index (κ2) is 7.86. The fourth-order valence-electron chi connectivity index (χ4n) is 3.36. The van der Waals surface area contributed by atoms with E-state index in [1.807, 2.05) is 0 Å². The number of hydrogen-bond donors (Lipinski definition) is 2. The van der Waals surface area contributed by atoms with Gasteiger partial charge < -0.3 is 5.11 Å². The minimum atomic E-state index is -4.77. The highest BCUT2D eigenvalue weighted by Gasteiger charge is 2.51. The van der Waals surface area contributed by atoms with E-state index in [9.17, 15) is 22.8 Å². The molecule has 1 fully saturated rings. The zero-order valence-electron chi connectivity index (χ0n) is 16.4. The summed E-state index contributed by atoms with van der Waals surface area (Å²) < 4.78 is 40.1. The molecule has 162 valence electrons. The summed E-state index contributed by atoms with van der Waals surface area (Å²) in [6, 6.07) is 8.95. The first-order valence-electron chi connectivity index (χ1n) is 8.97. The number of carbonyl (C=O) groups excluding carboxylic acids is 1. The van der Waals surface area contributed by atoms with Crippen molar-refractivity contribution >= 4 is 30.2 Å². The number of aromatic nitrogens is 1. The summed E-state index contributed by atoms with van der Waals surface area (Å²) in [5.74, 6) is -1.71. The standard InChI is InChI=1S/C20H17F3N4O3S/c1-19(2)17(30)27(13-7-6-11(9-24)14(8-13)20(21,22)23)18(31)26(19)10-12-4-3-5-15(25-12)16(28)29/h3-8,18,31H,10H2,1-2H3,(H,28,29). The molecule has 1 saturated heterocycles. The molecule has 31 heavy (non-hydrogen) atoms. The maximum absolute atomic E-state index is 13.4. The van der Waals surface area contributed by atoms with E-state index in [0.717, 1.165) is 17.0 Å². The summed E-state index contributed by atoms with van der Waals surface area (Å²) in [7, 11) is 0. The van der Waals surface area contributed by atoms with Crippen LogP contribution in [-0.2, 0) is 17.5 Å². The molecule has 1 unspecified atom stereocenters. The van der Waals surface area contributed by atoms with Gasteiger partial charge in [0.15, 0.2) is 0 Å². The zero-order valence-corrected chi connectivity index (χ0v) is 17.3. The number of thiol groups is 1. The van der Waals surface area contributed by atoms with Crippen molar-refractivity contribution in [3.63, 3.8) is 0 Å². The second-order valence-electron chi connectivity index (χ2n) is 7.37. The molecule has 2 aromatic rings. The third kappa shape index (κ3) is 4.08. The lowest BCUT2D eigenvalue weighted by molar-refractivity contribution is -0.137. The monoisotopic (exact) mass is 450 g/mol. The fraction of sp³-hybridized carbons (Fsp3) is 0.300. The largest absolute Gasteiger partial charge is 0.477 e. The van der Waals surface area contributed by atoms with Gasteiger partial charge in [-0.15, -0.1) is 12.6 Å². The Bertz CT molecular complexity index is 1100. The second-order valence-corrected chi connectivity index (χ2v) is 7.83. The van der Waals surface area contributed by atoms with Crippen molar-refractivity contribution in [3.05, 3.63) is 58.9 Å². The molecule has 11 heteroatoms. The van der Waals surface area contributed by atoms with Crippen molar-refractivity contribution in [2.45, 2.75) is 37.6 Å². The SMILES string of the molecule is CC1(C)C(=O)N(c2ccc(C#N)c(C(F)(F)F)c2)C(S)N1Cc1cccc(C(=O)O)n1. The predicted molar refractivity (Wildman–Crippen MR) is 107 cm³/mol. The molecule has 1 aromatic heterocycles. The predicted octanol–water partition coefficient (Wildman–Crippen LogP) is 3.51. The molecule has 0 bridgehead atoms. The Labute approximate surface area is 181 Å². The molecular formula is C20H17F3N4O3S. The van der Waals surface area contributed by atoms with Crippen molar-refractivity contribution in [1.82, 2.24) is 9.88 Å².